The third-order valence-electron chi connectivity index (χ3n) is 4.04. The van der Waals surface area contributed by atoms with Crippen LogP contribution in [0.2, 0.25) is 0 Å². The van der Waals surface area contributed by atoms with Crippen molar-refractivity contribution in [3.63, 3.8) is 0 Å². The van der Waals surface area contributed by atoms with Gasteiger partial charge in [-0.05, 0) is 19.8 Å². The summed E-state index contributed by atoms with van der Waals surface area (Å²) >= 11 is 0. The van der Waals surface area contributed by atoms with Gasteiger partial charge in [0.05, 0.1) is 4.92 Å². The topological polar surface area (TPSA) is 81.3 Å². The smallest absolute Gasteiger partial charge is 0.334 e. The summed E-state index contributed by atoms with van der Waals surface area (Å²) in [7, 11) is 1.73. The van der Waals surface area contributed by atoms with Gasteiger partial charge >= 0.3 is 5.69 Å². The molecule has 1 aromatic heterocycles. The van der Waals surface area contributed by atoms with E-state index in [1.165, 1.54) is 0 Å². The Kier molecular flexibility index (Phi) is 4.29. The molecule has 1 aliphatic rings. The molecule has 1 aromatic rings. The second kappa shape index (κ2) is 5.83. The molecule has 1 fully saturated rings. The zero-order valence-electron chi connectivity index (χ0n) is 13.0. The zero-order valence-corrected chi connectivity index (χ0v) is 13.0. The fraction of sp³-hybridized carbons (Fsp3) is 0.714. The lowest BCUT2D eigenvalue weighted by molar-refractivity contribution is -0.385. The first-order valence-electron chi connectivity index (χ1n) is 7.29. The van der Waals surface area contributed by atoms with E-state index in [0.717, 1.165) is 19.4 Å². The molecule has 0 bridgehead atoms. The van der Waals surface area contributed by atoms with Crippen LogP contribution in [0.25, 0.3) is 0 Å². The van der Waals surface area contributed by atoms with Crippen LogP contribution in [0, 0.1) is 16.0 Å². The number of aryl methyl sites for hydroxylation is 1. The standard InChI is InChI=1S/C14H22N4O3/c1-9(2)12-13(18(20)21)14(16(4)15-12)17-7-5-6-11(8-17)10(3)19/h9,11H,5-8H2,1-4H3. The molecule has 0 aromatic carbocycles. The molecule has 0 radical (unpaired) electrons. The van der Waals surface area contributed by atoms with Gasteiger partial charge in [0, 0.05) is 32.0 Å². The van der Waals surface area contributed by atoms with Crippen LogP contribution < -0.4 is 4.90 Å². The number of hydrogen-bond acceptors (Lipinski definition) is 5. The highest BCUT2D eigenvalue weighted by atomic mass is 16.6. The Morgan fingerprint density at radius 3 is 2.67 bits per heavy atom. The SMILES string of the molecule is CC(=O)C1CCCN(c2c([N+](=O)[O-])c(C(C)C)nn2C)C1. The molecule has 0 amide bonds. The molecule has 0 N–H and O–H groups in total. The summed E-state index contributed by atoms with van der Waals surface area (Å²) in [5.41, 5.74) is 0.583. The number of rotatable bonds is 4. The van der Waals surface area contributed by atoms with Crippen molar-refractivity contribution < 1.29 is 9.72 Å². The van der Waals surface area contributed by atoms with Gasteiger partial charge in [-0.25, -0.2) is 4.68 Å². The Bertz CT molecular complexity index is 565. The van der Waals surface area contributed by atoms with E-state index in [9.17, 15) is 14.9 Å². The summed E-state index contributed by atoms with van der Waals surface area (Å²) in [5, 5.41) is 15.8. The van der Waals surface area contributed by atoms with Crippen LogP contribution in [0.3, 0.4) is 0 Å². The van der Waals surface area contributed by atoms with E-state index in [-0.39, 0.29) is 28.2 Å². The fourth-order valence-electron chi connectivity index (χ4n) is 2.94. The minimum Gasteiger partial charge on any atom is -0.350 e. The Morgan fingerprint density at radius 1 is 1.48 bits per heavy atom. The lowest BCUT2D eigenvalue weighted by Crippen LogP contribution is -2.39. The van der Waals surface area contributed by atoms with Gasteiger partial charge in [0.1, 0.15) is 11.5 Å². The average Bonchev–Trinajstić information content (AvgIpc) is 2.76. The average molecular weight is 294 g/mol. The number of Topliss-reactive ketones (excluding diaryl/α,β-unsaturated/α-hetero) is 1. The van der Waals surface area contributed by atoms with Gasteiger partial charge in [0.2, 0.25) is 5.82 Å². The molecule has 0 aliphatic carbocycles. The number of nitrogens with zero attached hydrogens (tertiary/aromatic N) is 4. The first-order chi connectivity index (χ1) is 9.82. The van der Waals surface area contributed by atoms with Crippen molar-refractivity contribution in [2.75, 3.05) is 18.0 Å². The molecule has 21 heavy (non-hydrogen) atoms. The normalized spacial score (nSPS) is 19.1. The number of ketones is 1. The number of carbonyl (C=O) groups is 1. The monoisotopic (exact) mass is 294 g/mol. The minimum atomic E-state index is -0.352. The molecule has 1 atom stereocenters. The van der Waals surface area contributed by atoms with E-state index in [0.29, 0.717) is 18.1 Å². The third-order valence-corrected chi connectivity index (χ3v) is 4.04. The molecule has 1 unspecified atom stereocenters. The van der Waals surface area contributed by atoms with Crippen molar-refractivity contribution in [2.24, 2.45) is 13.0 Å². The van der Waals surface area contributed by atoms with Gasteiger partial charge in [0.15, 0.2) is 0 Å². The van der Waals surface area contributed by atoms with Gasteiger partial charge in [-0.2, -0.15) is 5.10 Å². The maximum Gasteiger partial charge on any atom is 0.334 e. The lowest BCUT2D eigenvalue weighted by atomic mass is 9.94. The van der Waals surface area contributed by atoms with E-state index in [1.807, 2.05) is 18.7 Å². The summed E-state index contributed by atoms with van der Waals surface area (Å²) in [6, 6.07) is 0. The Labute approximate surface area is 124 Å². The van der Waals surface area contributed by atoms with Crippen molar-refractivity contribution in [3.8, 4) is 0 Å². The Morgan fingerprint density at radius 2 is 2.14 bits per heavy atom. The van der Waals surface area contributed by atoms with Gasteiger partial charge in [0.25, 0.3) is 0 Å². The summed E-state index contributed by atoms with van der Waals surface area (Å²) in [4.78, 5) is 24.7. The summed E-state index contributed by atoms with van der Waals surface area (Å²) in [5.74, 6) is 0.609. The maximum atomic E-state index is 11.6. The van der Waals surface area contributed by atoms with Crippen LogP contribution >= 0.6 is 0 Å². The van der Waals surface area contributed by atoms with Crippen LogP contribution in [0.15, 0.2) is 0 Å². The van der Waals surface area contributed by atoms with E-state index < -0.39 is 0 Å². The number of nitro groups is 1. The van der Waals surface area contributed by atoms with E-state index in [4.69, 9.17) is 0 Å². The first-order valence-corrected chi connectivity index (χ1v) is 7.29. The molecule has 1 saturated heterocycles. The molecule has 0 spiro atoms. The van der Waals surface area contributed by atoms with Crippen LogP contribution in [0.1, 0.15) is 45.2 Å². The van der Waals surface area contributed by atoms with Gasteiger partial charge < -0.3 is 4.90 Å². The second-order valence-corrected chi connectivity index (χ2v) is 5.99. The Hall–Kier alpha value is -1.92. The third kappa shape index (κ3) is 2.91. The molecule has 1 aliphatic heterocycles. The maximum absolute atomic E-state index is 11.6. The zero-order chi connectivity index (χ0) is 15.7. The van der Waals surface area contributed by atoms with E-state index >= 15 is 0 Å². The summed E-state index contributed by atoms with van der Waals surface area (Å²) < 4.78 is 1.58. The number of piperidine rings is 1. The number of anilines is 1. The summed E-state index contributed by atoms with van der Waals surface area (Å²) in [6.45, 7) is 6.64. The number of carbonyl (C=O) groups excluding carboxylic acids is 1. The number of aromatic nitrogens is 2. The molecule has 2 rings (SSSR count). The molecule has 116 valence electrons. The van der Waals surface area contributed by atoms with Crippen LogP contribution in [-0.4, -0.2) is 33.6 Å². The largest absolute Gasteiger partial charge is 0.350 e. The van der Waals surface area contributed by atoms with Crippen molar-refractivity contribution >= 4 is 17.3 Å². The highest BCUT2D eigenvalue weighted by Crippen LogP contribution is 2.37. The van der Waals surface area contributed by atoms with E-state index in [1.54, 1.807) is 18.7 Å². The molecule has 0 saturated carbocycles. The van der Waals surface area contributed by atoms with Gasteiger partial charge in [-0.3, -0.25) is 14.9 Å². The molecular formula is C14H22N4O3. The van der Waals surface area contributed by atoms with Crippen LogP contribution in [0.5, 0.6) is 0 Å². The fourth-order valence-corrected chi connectivity index (χ4v) is 2.94. The minimum absolute atomic E-state index is 0.0151. The predicted molar refractivity (Wildman–Crippen MR) is 79.6 cm³/mol. The predicted octanol–water partition coefficient (Wildman–Crippen LogP) is 2.26. The van der Waals surface area contributed by atoms with Crippen molar-refractivity contribution in [3.05, 3.63) is 15.8 Å². The van der Waals surface area contributed by atoms with Gasteiger partial charge in [-0.15, -0.1) is 0 Å². The molecular weight excluding hydrogens is 272 g/mol. The molecule has 2 heterocycles. The summed E-state index contributed by atoms with van der Waals surface area (Å²) in [6.07, 6.45) is 1.72. The van der Waals surface area contributed by atoms with Crippen LogP contribution in [-0.2, 0) is 11.8 Å². The van der Waals surface area contributed by atoms with Crippen molar-refractivity contribution in [1.29, 1.82) is 0 Å². The van der Waals surface area contributed by atoms with Crippen molar-refractivity contribution in [1.82, 2.24) is 9.78 Å². The van der Waals surface area contributed by atoms with Crippen molar-refractivity contribution in [2.45, 2.75) is 39.5 Å². The second-order valence-electron chi connectivity index (χ2n) is 5.99. The lowest BCUT2D eigenvalue weighted by Gasteiger charge is -2.32. The Balaban J connectivity index is 2.43. The van der Waals surface area contributed by atoms with E-state index in [2.05, 4.69) is 5.10 Å². The highest BCUT2D eigenvalue weighted by molar-refractivity contribution is 5.79. The van der Waals surface area contributed by atoms with Crippen LogP contribution in [0.4, 0.5) is 11.5 Å². The quantitative estimate of drug-likeness (QED) is 0.628. The molecule has 7 heteroatoms. The van der Waals surface area contributed by atoms with Gasteiger partial charge in [-0.1, -0.05) is 13.8 Å². The highest BCUT2D eigenvalue weighted by Gasteiger charge is 2.34. The molecule has 7 nitrogen and oxygen atoms in total. The number of hydrogen-bond donors (Lipinski definition) is 0. The first kappa shape index (κ1) is 15.5.